The summed E-state index contributed by atoms with van der Waals surface area (Å²) >= 11 is 0. The lowest BCUT2D eigenvalue weighted by Crippen LogP contribution is -2.13. The number of hydrogen-bond donors (Lipinski definition) is 2. The molecule has 92 valence electrons. The average molecular weight is 243 g/mol. The summed E-state index contributed by atoms with van der Waals surface area (Å²) in [6.07, 6.45) is -0.0423. The van der Waals surface area contributed by atoms with E-state index in [0.717, 1.165) is 18.2 Å². The Labute approximate surface area is 96.3 Å². The molecule has 0 bridgehead atoms. The fourth-order valence-electron chi connectivity index (χ4n) is 1.21. The standard InChI is InChI=1S/C11H11F2NO3/c12-7-4-5-8(13)9(6-7)14-10(15)2-1-3-11(16)17/h4-6H,1-3H2,(H,14,15)(H,16,17). The second kappa shape index (κ2) is 5.93. The van der Waals surface area contributed by atoms with Crippen LogP contribution in [0.2, 0.25) is 0 Å². The zero-order chi connectivity index (χ0) is 12.8. The Morgan fingerprint density at radius 2 is 1.94 bits per heavy atom. The largest absolute Gasteiger partial charge is 0.481 e. The molecule has 17 heavy (non-hydrogen) atoms. The van der Waals surface area contributed by atoms with Crippen LogP contribution in [0.3, 0.4) is 0 Å². The Bertz CT molecular complexity index is 435. The Kier molecular flexibility index (Phi) is 4.56. The van der Waals surface area contributed by atoms with Crippen molar-refractivity contribution in [2.45, 2.75) is 19.3 Å². The van der Waals surface area contributed by atoms with Gasteiger partial charge in [-0.3, -0.25) is 9.59 Å². The van der Waals surface area contributed by atoms with Crippen molar-refractivity contribution in [3.8, 4) is 0 Å². The minimum absolute atomic E-state index is 0.0533. The number of benzene rings is 1. The zero-order valence-electron chi connectivity index (χ0n) is 8.87. The molecule has 0 saturated carbocycles. The van der Waals surface area contributed by atoms with E-state index < -0.39 is 23.5 Å². The lowest BCUT2D eigenvalue weighted by molar-refractivity contribution is -0.137. The van der Waals surface area contributed by atoms with Gasteiger partial charge in [0.05, 0.1) is 5.69 Å². The first kappa shape index (κ1) is 13.1. The van der Waals surface area contributed by atoms with Gasteiger partial charge in [0.15, 0.2) is 0 Å². The van der Waals surface area contributed by atoms with Crippen LogP contribution in [-0.2, 0) is 9.59 Å². The van der Waals surface area contributed by atoms with E-state index in [4.69, 9.17) is 5.11 Å². The number of aliphatic carboxylic acids is 1. The van der Waals surface area contributed by atoms with Gasteiger partial charge in [-0.15, -0.1) is 0 Å². The summed E-state index contributed by atoms with van der Waals surface area (Å²) in [6, 6.07) is 2.71. The van der Waals surface area contributed by atoms with Gasteiger partial charge in [0.1, 0.15) is 11.6 Å². The predicted octanol–water partition coefficient (Wildman–Crippen LogP) is 2.16. The van der Waals surface area contributed by atoms with Crippen molar-refractivity contribution in [1.29, 1.82) is 0 Å². The maximum atomic E-state index is 13.1. The fourth-order valence-corrected chi connectivity index (χ4v) is 1.21. The van der Waals surface area contributed by atoms with Crippen LogP contribution in [0.4, 0.5) is 14.5 Å². The average Bonchev–Trinajstić information content (AvgIpc) is 2.23. The second-order valence-corrected chi connectivity index (χ2v) is 3.42. The van der Waals surface area contributed by atoms with Gasteiger partial charge < -0.3 is 10.4 Å². The molecule has 4 nitrogen and oxygen atoms in total. The summed E-state index contributed by atoms with van der Waals surface area (Å²) in [5.41, 5.74) is -0.245. The van der Waals surface area contributed by atoms with Crippen LogP contribution in [0.5, 0.6) is 0 Å². The van der Waals surface area contributed by atoms with E-state index in [2.05, 4.69) is 5.32 Å². The van der Waals surface area contributed by atoms with Crippen LogP contribution < -0.4 is 5.32 Å². The first-order valence-electron chi connectivity index (χ1n) is 4.95. The number of rotatable bonds is 5. The normalized spacial score (nSPS) is 10.0. The molecule has 0 saturated heterocycles. The highest BCUT2D eigenvalue weighted by molar-refractivity contribution is 5.90. The smallest absolute Gasteiger partial charge is 0.303 e. The SMILES string of the molecule is O=C(O)CCCC(=O)Nc1cc(F)ccc1F. The molecule has 0 radical (unpaired) electrons. The van der Waals surface area contributed by atoms with E-state index in [0.29, 0.717) is 0 Å². The molecule has 1 rings (SSSR count). The number of carbonyl (C=O) groups excluding carboxylic acids is 1. The maximum Gasteiger partial charge on any atom is 0.303 e. The third kappa shape index (κ3) is 4.58. The highest BCUT2D eigenvalue weighted by Gasteiger charge is 2.08. The number of amides is 1. The van der Waals surface area contributed by atoms with Crippen molar-refractivity contribution in [1.82, 2.24) is 0 Å². The molecule has 6 heteroatoms. The molecule has 0 aliphatic rings. The molecular weight excluding hydrogens is 232 g/mol. The molecule has 1 aromatic carbocycles. The molecule has 0 atom stereocenters. The van der Waals surface area contributed by atoms with Crippen molar-refractivity contribution in [3.63, 3.8) is 0 Å². The zero-order valence-corrected chi connectivity index (χ0v) is 8.87. The van der Waals surface area contributed by atoms with Crippen LogP contribution >= 0.6 is 0 Å². The van der Waals surface area contributed by atoms with Gasteiger partial charge in [-0.25, -0.2) is 8.78 Å². The number of anilines is 1. The lowest BCUT2D eigenvalue weighted by Gasteiger charge is -2.05. The fraction of sp³-hybridized carbons (Fsp3) is 0.273. The maximum absolute atomic E-state index is 13.1. The van der Waals surface area contributed by atoms with Gasteiger partial charge in [-0.05, 0) is 18.6 Å². The second-order valence-electron chi connectivity index (χ2n) is 3.42. The topological polar surface area (TPSA) is 66.4 Å². The van der Waals surface area contributed by atoms with Crippen LogP contribution in [0, 0.1) is 11.6 Å². The number of halogens is 2. The van der Waals surface area contributed by atoms with Crippen molar-refractivity contribution >= 4 is 17.6 Å². The molecule has 0 heterocycles. The first-order chi connectivity index (χ1) is 7.99. The third-order valence-corrected chi connectivity index (χ3v) is 2.00. The number of nitrogens with one attached hydrogen (secondary N) is 1. The lowest BCUT2D eigenvalue weighted by atomic mass is 10.2. The van der Waals surface area contributed by atoms with E-state index in [9.17, 15) is 18.4 Å². The molecule has 1 aromatic rings. The summed E-state index contributed by atoms with van der Waals surface area (Å²) in [7, 11) is 0. The Morgan fingerprint density at radius 1 is 1.24 bits per heavy atom. The van der Waals surface area contributed by atoms with Crippen molar-refractivity contribution < 1.29 is 23.5 Å². The minimum Gasteiger partial charge on any atom is -0.481 e. The van der Waals surface area contributed by atoms with Crippen LogP contribution in [0.1, 0.15) is 19.3 Å². The van der Waals surface area contributed by atoms with Crippen LogP contribution in [0.15, 0.2) is 18.2 Å². The van der Waals surface area contributed by atoms with Gasteiger partial charge in [0.2, 0.25) is 5.91 Å². The molecule has 0 unspecified atom stereocenters. The van der Waals surface area contributed by atoms with Crippen molar-refractivity contribution in [2.24, 2.45) is 0 Å². The summed E-state index contributed by atoms with van der Waals surface area (Å²) < 4.78 is 25.9. The summed E-state index contributed by atoms with van der Waals surface area (Å²) in [5, 5.41) is 10.5. The van der Waals surface area contributed by atoms with Crippen molar-refractivity contribution in [3.05, 3.63) is 29.8 Å². The van der Waals surface area contributed by atoms with E-state index >= 15 is 0 Å². The number of carboxylic acids is 1. The van der Waals surface area contributed by atoms with Gasteiger partial charge in [-0.1, -0.05) is 0 Å². The molecule has 0 fully saturated rings. The highest BCUT2D eigenvalue weighted by atomic mass is 19.1. The van der Waals surface area contributed by atoms with E-state index in [-0.39, 0.29) is 24.9 Å². The van der Waals surface area contributed by atoms with E-state index in [1.54, 1.807) is 0 Å². The summed E-state index contributed by atoms with van der Waals surface area (Å²) in [6.45, 7) is 0. The molecule has 1 amide bonds. The molecule has 0 aliphatic heterocycles. The van der Waals surface area contributed by atoms with Crippen LogP contribution in [0.25, 0.3) is 0 Å². The molecule has 0 spiro atoms. The summed E-state index contributed by atoms with van der Waals surface area (Å²) in [4.78, 5) is 21.5. The minimum atomic E-state index is -1.00. The predicted molar refractivity (Wildman–Crippen MR) is 56.5 cm³/mol. The summed E-state index contributed by atoms with van der Waals surface area (Å²) in [5.74, 6) is -2.95. The highest BCUT2D eigenvalue weighted by Crippen LogP contribution is 2.15. The molecule has 0 aliphatic carbocycles. The molecule has 0 aromatic heterocycles. The number of hydrogen-bond acceptors (Lipinski definition) is 2. The van der Waals surface area contributed by atoms with Gasteiger partial charge in [-0.2, -0.15) is 0 Å². The molecule has 2 N–H and O–H groups in total. The van der Waals surface area contributed by atoms with E-state index in [1.807, 2.05) is 0 Å². The van der Waals surface area contributed by atoms with Gasteiger partial charge >= 0.3 is 5.97 Å². The quantitative estimate of drug-likeness (QED) is 0.832. The van der Waals surface area contributed by atoms with Crippen LogP contribution in [-0.4, -0.2) is 17.0 Å². The Hall–Kier alpha value is -1.98. The van der Waals surface area contributed by atoms with E-state index in [1.165, 1.54) is 0 Å². The number of carboxylic acid groups (broad SMARTS) is 1. The Morgan fingerprint density at radius 3 is 2.59 bits per heavy atom. The first-order valence-corrected chi connectivity index (χ1v) is 4.95. The van der Waals surface area contributed by atoms with Gasteiger partial charge in [0, 0.05) is 18.9 Å². The monoisotopic (exact) mass is 243 g/mol. The third-order valence-electron chi connectivity index (χ3n) is 2.00. The van der Waals surface area contributed by atoms with Gasteiger partial charge in [0.25, 0.3) is 0 Å². The van der Waals surface area contributed by atoms with Crippen molar-refractivity contribution in [2.75, 3.05) is 5.32 Å². The Balaban J connectivity index is 2.50. The number of carbonyl (C=O) groups is 2. The molecular formula is C11H11F2NO3.